The van der Waals surface area contributed by atoms with E-state index in [0.717, 1.165) is 32.6 Å². The average molecular weight is 405 g/mol. The van der Waals surface area contributed by atoms with Crippen LogP contribution >= 0.6 is 0 Å². The molecule has 2 rings (SSSR count). The van der Waals surface area contributed by atoms with E-state index >= 15 is 0 Å². The highest BCUT2D eigenvalue weighted by atomic mass is 16.6. The first-order chi connectivity index (χ1) is 13.7. The Kier molecular flexibility index (Phi) is 8.46. The maximum absolute atomic E-state index is 12.2. The number of benzene rings is 1. The molecular formula is C22H36N4O3. The fourth-order valence-corrected chi connectivity index (χ4v) is 3.41. The first-order valence-corrected chi connectivity index (χ1v) is 10.4. The topological polar surface area (TPSA) is 73.9 Å². The fraction of sp³-hybridized carbons (Fsp3) is 0.636. The molecule has 2 amide bonds. The molecule has 1 aliphatic rings. The molecule has 0 aliphatic carbocycles. The van der Waals surface area contributed by atoms with Crippen LogP contribution in [-0.4, -0.2) is 73.2 Å². The maximum atomic E-state index is 12.2. The van der Waals surface area contributed by atoms with Crippen LogP contribution in [0.15, 0.2) is 30.3 Å². The van der Waals surface area contributed by atoms with Crippen molar-refractivity contribution >= 4 is 12.0 Å². The molecule has 7 nitrogen and oxygen atoms in total. The van der Waals surface area contributed by atoms with Crippen molar-refractivity contribution < 1.29 is 14.3 Å². The highest BCUT2D eigenvalue weighted by molar-refractivity contribution is 5.85. The van der Waals surface area contributed by atoms with Crippen molar-refractivity contribution in [2.24, 2.45) is 0 Å². The van der Waals surface area contributed by atoms with Gasteiger partial charge in [-0.25, -0.2) is 4.79 Å². The minimum Gasteiger partial charge on any atom is -0.444 e. The maximum Gasteiger partial charge on any atom is 0.408 e. The van der Waals surface area contributed by atoms with Crippen LogP contribution < -0.4 is 10.6 Å². The monoisotopic (exact) mass is 404 g/mol. The molecule has 162 valence electrons. The summed E-state index contributed by atoms with van der Waals surface area (Å²) in [5.41, 5.74) is 0.746. The van der Waals surface area contributed by atoms with Crippen molar-refractivity contribution in [3.8, 4) is 0 Å². The SMILES string of the molecule is CC(NC(=O)OC(C)(C)C)C(=O)NCCCN1CCN(C)CC1c1ccccc1. The summed E-state index contributed by atoms with van der Waals surface area (Å²) in [6.45, 7) is 11.6. The summed E-state index contributed by atoms with van der Waals surface area (Å²) in [5, 5.41) is 5.48. The number of amides is 2. The summed E-state index contributed by atoms with van der Waals surface area (Å²) in [5.74, 6) is -0.200. The number of nitrogens with one attached hydrogen (secondary N) is 2. The first kappa shape index (κ1) is 23.2. The van der Waals surface area contributed by atoms with Crippen molar-refractivity contribution in [2.45, 2.75) is 51.8 Å². The van der Waals surface area contributed by atoms with Gasteiger partial charge in [0.15, 0.2) is 0 Å². The number of nitrogens with zero attached hydrogens (tertiary/aromatic N) is 2. The van der Waals surface area contributed by atoms with Gasteiger partial charge in [0.25, 0.3) is 0 Å². The Morgan fingerprint density at radius 1 is 1.21 bits per heavy atom. The lowest BCUT2D eigenvalue weighted by Crippen LogP contribution is -2.48. The molecule has 29 heavy (non-hydrogen) atoms. The Morgan fingerprint density at radius 2 is 1.90 bits per heavy atom. The van der Waals surface area contributed by atoms with E-state index < -0.39 is 17.7 Å². The molecule has 0 aromatic heterocycles. The van der Waals surface area contributed by atoms with Gasteiger partial charge in [-0.1, -0.05) is 30.3 Å². The van der Waals surface area contributed by atoms with Crippen LogP contribution in [0, 0.1) is 0 Å². The van der Waals surface area contributed by atoms with Crippen molar-refractivity contribution in [2.75, 3.05) is 39.8 Å². The number of hydrogen-bond donors (Lipinski definition) is 2. The van der Waals surface area contributed by atoms with Gasteiger partial charge in [-0.3, -0.25) is 9.69 Å². The lowest BCUT2D eigenvalue weighted by Gasteiger charge is -2.40. The average Bonchev–Trinajstić information content (AvgIpc) is 2.65. The van der Waals surface area contributed by atoms with Crippen LogP contribution in [-0.2, 0) is 9.53 Å². The van der Waals surface area contributed by atoms with Crippen LogP contribution in [0.2, 0.25) is 0 Å². The van der Waals surface area contributed by atoms with Gasteiger partial charge in [-0.15, -0.1) is 0 Å². The molecule has 1 aliphatic heterocycles. The van der Waals surface area contributed by atoms with Crippen molar-refractivity contribution in [1.82, 2.24) is 20.4 Å². The Hall–Kier alpha value is -2.12. The van der Waals surface area contributed by atoms with Gasteiger partial charge in [-0.2, -0.15) is 0 Å². The van der Waals surface area contributed by atoms with Crippen LogP contribution in [0.25, 0.3) is 0 Å². The molecule has 2 N–H and O–H groups in total. The second kappa shape index (κ2) is 10.6. The zero-order valence-corrected chi connectivity index (χ0v) is 18.4. The van der Waals surface area contributed by atoms with Gasteiger partial charge < -0.3 is 20.3 Å². The molecule has 1 fully saturated rings. The van der Waals surface area contributed by atoms with E-state index in [-0.39, 0.29) is 5.91 Å². The third-order valence-corrected chi connectivity index (χ3v) is 4.93. The predicted molar refractivity (Wildman–Crippen MR) is 115 cm³/mol. The number of ether oxygens (including phenoxy) is 1. The van der Waals surface area contributed by atoms with E-state index in [4.69, 9.17) is 4.74 Å². The number of hydrogen-bond acceptors (Lipinski definition) is 5. The van der Waals surface area contributed by atoms with Crippen molar-refractivity contribution in [3.63, 3.8) is 0 Å². The van der Waals surface area contributed by atoms with Gasteiger partial charge in [-0.05, 0) is 46.7 Å². The highest BCUT2D eigenvalue weighted by Crippen LogP contribution is 2.24. The molecule has 2 unspecified atom stereocenters. The molecule has 0 bridgehead atoms. The van der Waals surface area contributed by atoms with Crippen LogP contribution in [0.3, 0.4) is 0 Å². The lowest BCUT2D eigenvalue weighted by atomic mass is 10.0. The van der Waals surface area contributed by atoms with Crippen LogP contribution in [0.4, 0.5) is 4.79 Å². The quantitative estimate of drug-likeness (QED) is 0.683. The number of piperazine rings is 1. The minimum atomic E-state index is -0.634. The lowest BCUT2D eigenvalue weighted by molar-refractivity contribution is -0.122. The molecule has 0 spiro atoms. The minimum absolute atomic E-state index is 0.200. The molecule has 2 atom stereocenters. The van der Waals surface area contributed by atoms with Gasteiger partial charge in [0.05, 0.1) is 0 Å². The Morgan fingerprint density at radius 3 is 2.55 bits per heavy atom. The molecule has 1 aromatic carbocycles. The number of likely N-dealkylation sites (N-methyl/N-ethyl adjacent to an activating group) is 1. The summed E-state index contributed by atoms with van der Waals surface area (Å²) in [6.07, 6.45) is 0.279. The normalized spacial score (nSPS) is 19.4. The van der Waals surface area contributed by atoms with Crippen molar-refractivity contribution in [1.29, 1.82) is 0 Å². The summed E-state index contributed by atoms with van der Waals surface area (Å²) in [6, 6.07) is 10.3. The molecule has 1 aromatic rings. The van der Waals surface area contributed by atoms with Gasteiger partial charge >= 0.3 is 6.09 Å². The Bertz CT molecular complexity index is 660. The third kappa shape index (κ3) is 8.03. The number of carbonyl (C=O) groups is 2. The van der Waals surface area contributed by atoms with E-state index in [2.05, 4.69) is 51.7 Å². The van der Waals surface area contributed by atoms with Gasteiger partial charge in [0, 0.05) is 38.8 Å². The summed E-state index contributed by atoms with van der Waals surface area (Å²) >= 11 is 0. The largest absolute Gasteiger partial charge is 0.444 e. The predicted octanol–water partition coefficient (Wildman–Crippen LogP) is 2.39. The number of carbonyl (C=O) groups excluding carboxylic acids is 2. The van der Waals surface area contributed by atoms with E-state index in [9.17, 15) is 9.59 Å². The molecular weight excluding hydrogens is 368 g/mol. The second-order valence-corrected chi connectivity index (χ2v) is 8.74. The third-order valence-electron chi connectivity index (χ3n) is 4.93. The van der Waals surface area contributed by atoms with E-state index in [1.54, 1.807) is 27.7 Å². The van der Waals surface area contributed by atoms with E-state index in [1.807, 2.05) is 6.07 Å². The molecule has 0 radical (unpaired) electrons. The molecule has 7 heteroatoms. The van der Waals surface area contributed by atoms with E-state index in [1.165, 1.54) is 5.56 Å². The van der Waals surface area contributed by atoms with E-state index in [0.29, 0.717) is 12.6 Å². The smallest absolute Gasteiger partial charge is 0.408 e. The van der Waals surface area contributed by atoms with Crippen molar-refractivity contribution in [3.05, 3.63) is 35.9 Å². The second-order valence-electron chi connectivity index (χ2n) is 8.74. The zero-order valence-electron chi connectivity index (χ0n) is 18.4. The summed E-state index contributed by atoms with van der Waals surface area (Å²) in [4.78, 5) is 28.9. The Labute approximate surface area is 174 Å². The van der Waals surface area contributed by atoms with Gasteiger partial charge in [0.2, 0.25) is 5.91 Å². The fourth-order valence-electron chi connectivity index (χ4n) is 3.41. The summed E-state index contributed by atoms with van der Waals surface area (Å²) in [7, 11) is 2.16. The first-order valence-electron chi connectivity index (χ1n) is 10.4. The van der Waals surface area contributed by atoms with Gasteiger partial charge in [0.1, 0.15) is 11.6 Å². The summed E-state index contributed by atoms with van der Waals surface area (Å²) < 4.78 is 5.19. The molecule has 1 saturated heterocycles. The molecule has 1 heterocycles. The van der Waals surface area contributed by atoms with Crippen LogP contribution in [0.5, 0.6) is 0 Å². The number of rotatable bonds is 7. The zero-order chi connectivity index (χ0) is 21.4. The van der Waals surface area contributed by atoms with Crippen LogP contribution in [0.1, 0.15) is 45.7 Å². The standard InChI is InChI=1S/C22H36N4O3/c1-17(24-21(28)29-22(2,3)4)20(27)23-12-9-13-26-15-14-25(5)16-19(26)18-10-7-6-8-11-18/h6-8,10-11,17,19H,9,12-16H2,1-5H3,(H,23,27)(H,24,28). The number of alkyl carbamates (subject to hydrolysis) is 1. The highest BCUT2D eigenvalue weighted by Gasteiger charge is 2.26. The molecule has 0 saturated carbocycles. The Balaban J connectivity index is 1.75.